The van der Waals surface area contributed by atoms with Gasteiger partial charge in [-0.05, 0) is 31.9 Å². The molecule has 0 bridgehead atoms. The lowest BCUT2D eigenvalue weighted by atomic mass is 9.97. The van der Waals surface area contributed by atoms with Crippen molar-refractivity contribution in [3.05, 3.63) is 0 Å². The molecular weight excluding hydrogens is 244 g/mol. The lowest BCUT2D eigenvalue weighted by Gasteiger charge is -2.32. The maximum absolute atomic E-state index is 12.8. The van der Waals surface area contributed by atoms with Crippen LogP contribution in [0.3, 0.4) is 0 Å². The second kappa shape index (κ2) is 5.41. The minimum Gasteiger partial charge on any atom is -0.322 e. The normalized spacial score (nSPS) is 28.6. The van der Waals surface area contributed by atoms with Gasteiger partial charge < -0.3 is 4.90 Å². The van der Waals surface area contributed by atoms with Crippen molar-refractivity contribution in [2.75, 3.05) is 12.0 Å². The second-order valence-corrected chi connectivity index (χ2v) is 7.05. The Morgan fingerprint density at radius 3 is 2.50 bits per heavy atom. The van der Waals surface area contributed by atoms with Crippen molar-refractivity contribution >= 4 is 17.7 Å². The van der Waals surface area contributed by atoms with E-state index in [1.54, 1.807) is 0 Å². The Hall–Kier alpha value is -0.220. The van der Waals surface area contributed by atoms with Crippen LogP contribution in [0, 0.1) is 5.92 Å². The number of amides is 1. The van der Waals surface area contributed by atoms with Crippen molar-refractivity contribution in [2.45, 2.75) is 64.2 Å². The van der Waals surface area contributed by atoms with E-state index in [1.165, 1.54) is 12.8 Å². The summed E-state index contributed by atoms with van der Waals surface area (Å²) in [6, 6.07) is 0.326. The average Bonchev–Trinajstić information content (AvgIpc) is 2.88. The fourth-order valence-corrected chi connectivity index (χ4v) is 4.05. The summed E-state index contributed by atoms with van der Waals surface area (Å²) in [5.41, 5.74) is -0.221. The Kier molecular flexibility index (Phi) is 4.27. The van der Waals surface area contributed by atoms with E-state index in [0.717, 1.165) is 18.6 Å². The van der Waals surface area contributed by atoms with Crippen LogP contribution in [0.2, 0.25) is 0 Å². The number of hydrogen-bond donors (Lipinski definition) is 1. The molecule has 1 saturated heterocycles. The largest absolute Gasteiger partial charge is 0.322 e. The number of carbonyl (C=O) groups is 1. The molecule has 1 saturated carbocycles. The predicted octanol–water partition coefficient (Wildman–Crippen LogP) is 2.46. The van der Waals surface area contributed by atoms with E-state index in [-0.39, 0.29) is 11.7 Å². The zero-order chi connectivity index (χ0) is 13.3. The molecule has 18 heavy (non-hydrogen) atoms. The van der Waals surface area contributed by atoms with E-state index in [1.807, 2.05) is 11.8 Å². The van der Waals surface area contributed by atoms with Crippen LogP contribution in [-0.4, -0.2) is 40.6 Å². The van der Waals surface area contributed by atoms with Crippen LogP contribution >= 0.6 is 11.8 Å². The van der Waals surface area contributed by atoms with Crippen molar-refractivity contribution in [3.63, 3.8) is 0 Å². The van der Waals surface area contributed by atoms with Gasteiger partial charge in [-0.15, -0.1) is 0 Å². The van der Waals surface area contributed by atoms with Crippen LogP contribution < -0.4 is 5.32 Å². The third kappa shape index (κ3) is 2.29. The average molecular weight is 270 g/mol. The van der Waals surface area contributed by atoms with Crippen molar-refractivity contribution in [3.8, 4) is 0 Å². The van der Waals surface area contributed by atoms with Crippen LogP contribution in [0.25, 0.3) is 0 Å². The summed E-state index contributed by atoms with van der Waals surface area (Å²) in [5, 5.41) is 3.67. The SMILES string of the molecule is CSCC(C)N1C(=O)C2(CCCC2)NC1C(C)C. The van der Waals surface area contributed by atoms with Crippen LogP contribution in [0.5, 0.6) is 0 Å². The summed E-state index contributed by atoms with van der Waals surface area (Å²) in [6.07, 6.45) is 6.76. The van der Waals surface area contributed by atoms with Gasteiger partial charge in [-0.1, -0.05) is 26.7 Å². The van der Waals surface area contributed by atoms with Crippen LogP contribution in [0.1, 0.15) is 46.5 Å². The first-order valence-electron chi connectivity index (χ1n) is 7.11. The van der Waals surface area contributed by atoms with Crippen molar-refractivity contribution < 1.29 is 4.79 Å². The molecule has 1 aliphatic heterocycles. The van der Waals surface area contributed by atoms with Crippen molar-refractivity contribution in [1.29, 1.82) is 0 Å². The first-order chi connectivity index (χ1) is 8.52. The van der Waals surface area contributed by atoms with E-state index < -0.39 is 0 Å². The topological polar surface area (TPSA) is 32.3 Å². The summed E-state index contributed by atoms with van der Waals surface area (Å²) in [5.74, 6) is 1.85. The molecule has 0 aromatic rings. The third-order valence-electron chi connectivity index (χ3n) is 4.34. The summed E-state index contributed by atoms with van der Waals surface area (Å²) < 4.78 is 0. The molecule has 1 aliphatic carbocycles. The molecule has 2 atom stereocenters. The molecule has 3 nitrogen and oxygen atoms in total. The monoisotopic (exact) mass is 270 g/mol. The summed E-state index contributed by atoms with van der Waals surface area (Å²) in [6.45, 7) is 6.59. The lowest BCUT2D eigenvalue weighted by Crippen LogP contribution is -2.47. The standard InChI is InChI=1S/C14H26N2OS/c1-10(2)12-15-14(7-5-6-8-14)13(17)16(12)11(3)9-18-4/h10-12,15H,5-9H2,1-4H3. The van der Waals surface area contributed by atoms with Gasteiger partial charge in [-0.3, -0.25) is 10.1 Å². The van der Waals surface area contributed by atoms with Gasteiger partial charge in [-0.25, -0.2) is 0 Å². The van der Waals surface area contributed by atoms with E-state index in [9.17, 15) is 4.79 Å². The van der Waals surface area contributed by atoms with Crippen molar-refractivity contribution in [1.82, 2.24) is 10.2 Å². The summed E-state index contributed by atoms with van der Waals surface area (Å²) in [4.78, 5) is 14.9. The van der Waals surface area contributed by atoms with E-state index in [0.29, 0.717) is 17.9 Å². The molecule has 1 amide bonds. The molecule has 2 fully saturated rings. The van der Waals surface area contributed by atoms with Gasteiger partial charge in [0.15, 0.2) is 0 Å². The zero-order valence-electron chi connectivity index (χ0n) is 12.0. The molecule has 2 aliphatic rings. The Morgan fingerprint density at radius 1 is 1.39 bits per heavy atom. The van der Waals surface area contributed by atoms with E-state index >= 15 is 0 Å². The quantitative estimate of drug-likeness (QED) is 0.852. The van der Waals surface area contributed by atoms with Gasteiger partial charge in [0.25, 0.3) is 0 Å². The first kappa shape index (κ1) is 14.2. The van der Waals surface area contributed by atoms with Crippen LogP contribution in [-0.2, 0) is 4.79 Å². The highest BCUT2D eigenvalue weighted by Gasteiger charge is 2.53. The highest BCUT2D eigenvalue weighted by Crippen LogP contribution is 2.38. The Labute approximate surface area is 115 Å². The molecule has 0 aromatic carbocycles. The van der Waals surface area contributed by atoms with Gasteiger partial charge in [0, 0.05) is 11.8 Å². The molecule has 2 rings (SSSR count). The number of carbonyl (C=O) groups excluding carboxylic acids is 1. The number of rotatable bonds is 4. The zero-order valence-corrected chi connectivity index (χ0v) is 12.8. The highest BCUT2D eigenvalue weighted by atomic mass is 32.2. The number of nitrogens with one attached hydrogen (secondary N) is 1. The van der Waals surface area contributed by atoms with E-state index in [2.05, 4.69) is 37.2 Å². The highest BCUT2D eigenvalue weighted by molar-refractivity contribution is 7.98. The fourth-order valence-electron chi connectivity index (χ4n) is 3.41. The number of nitrogens with zero attached hydrogens (tertiary/aromatic N) is 1. The van der Waals surface area contributed by atoms with Gasteiger partial charge in [-0.2, -0.15) is 11.8 Å². The Morgan fingerprint density at radius 2 is 2.00 bits per heavy atom. The molecule has 0 aromatic heterocycles. The van der Waals surface area contributed by atoms with Gasteiger partial charge >= 0.3 is 0 Å². The molecule has 1 heterocycles. The summed E-state index contributed by atoms with van der Waals surface area (Å²) in [7, 11) is 0. The maximum Gasteiger partial charge on any atom is 0.244 e. The molecule has 104 valence electrons. The predicted molar refractivity (Wildman–Crippen MR) is 77.7 cm³/mol. The van der Waals surface area contributed by atoms with Gasteiger partial charge in [0.2, 0.25) is 5.91 Å². The first-order valence-corrected chi connectivity index (χ1v) is 8.50. The summed E-state index contributed by atoms with van der Waals surface area (Å²) >= 11 is 1.82. The second-order valence-electron chi connectivity index (χ2n) is 6.14. The molecule has 1 N–H and O–H groups in total. The van der Waals surface area contributed by atoms with Gasteiger partial charge in [0.1, 0.15) is 0 Å². The van der Waals surface area contributed by atoms with E-state index in [4.69, 9.17) is 0 Å². The minimum atomic E-state index is -0.221. The molecule has 2 unspecified atom stereocenters. The smallest absolute Gasteiger partial charge is 0.244 e. The van der Waals surface area contributed by atoms with Gasteiger partial charge in [0.05, 0.1) is 11.7 Å². The fraction of sp³-hybridized carbons (Fsp3) is 0.929. The molecule has 1 spiro atoms. The van der Waals surface area contributed by atoms with Crippen molar-refractivity contribution in [2.24, 2.45) is 5.92 Å². The van der Waals surface area contributed by atoms with Crippen LogP contribution in [0.4, 0.5) is 0 Å². The number of hydrogen-bond acceptors (Lipinski definition) is 3. The maximum atomic E-state index is 12.8. The minimum absolute atomic E-state index is 0.220. The Balaban J connectivity index is 2.21. The molecule has 0 radical (unpaired) electrons. The number of thioether (sulfide) groups is 1. The molecular formula is C14H26N2OS. The third-order valence-corrected chi connectivity index (χ3v) is 5.15. The Bertz CT molecular complexity index is 313. The molecule has 4 heteroatoms. The lowest BCUT2D eigenvalue weighted by molar-refractivity contribution is -0.135. The van der Waals surface area contributed by atoms with Crippen LogP contribution in [0.15, 0.2) is 0 Å².